The third-order valence-corrected chi connectivity index (χ3v) is 4.29. The van der Waals surface area contributed by atoms with Crippen LogP contribution in [-0.4, -0.2) is 45.8 Å². The van der Waals surface area contributed by atoms with Crippen molar-refractivity contribution < 1.29 is 36.2 Å². The molecule has 1 amide bonds. The minimum atomic E-state index is -4.58. The molecule has 1 aromatic carbocycles. The van der Waals surface area contributed by atoms with Crippen LogP contribution in [0.5, 0.6) is 0 Å². The Morgan fingerprint density at radius 2 is 1.74 bits per heavy atom. The Bertz CT molecular complexity index is 913. The number of aromatic nitrogens is 2. The molecular formula is C23H31F5N4O3. The van der Waals surface area contributed by atoms with Crippen molar-refractivity contribution in [2.45, 2.75) is 65.5 Å². The smallest absolute Gasteiger partial charge is 0.416 e. The van der Waals surface area contributed by atoms with E-state index in [-0.39, 0.29) is 24.2 Å². The molecular weight excluding hydrogens is 475 g/mol. The van der Waals surface area contributed by atoms with Gasteiger partial charge in [-0.15, -0.1) is 0 Å². The standard InChI is InChI=1S/C17H21F4NO3.C4H4FN3.C2H6/c1-16(2,3)25-15(23)22-7-6-13(9-22)24-10-11-4-5-12(8-14(11)18)17(19,20)21;5-3-1-7-4(6)8-2-3;1-2/h4-5,8,13H,6-7,9-10H2,1-3H3;1-2H,(H2,6,7,8);1-2H3. The first-order chi connectivity index (χ1) is 16.2. The fraction of sp³-hybridized carbons (Fsp3) is 0.522. The van der Waals surface area contributed by atoms with Gasteiger partial charge in [0.05, 0.1) is 37.2 Å². The Morgan fingerprint density at radius 3 is 2.23 bits per heavy atom. The normalized spacial score (nSPS) is 15.5. The number of likely N-dealkylation sites (tertiary alicyclic amines) is 1. The van der Waals surface area contributed by atoms with Crippen LogP contribution in [0.3, 0.4) is 0 Å². The minimum absolute atomic E-state index is 0.0451. The molecule has 3 rings (SSSR count). The summed E-state index contributed by atoms with van der Waals surface area (Å²) in [5, 5.41) is 0. The molecule has 7 nitrogen and oxygen atoms in total. The van der Waals surface area contributed by atoms with E-state index in [0.717, 1.165) is 24.5 Å². The van der Waals surface area contributed by atoms with Gasteiger partial charge in [0.25, 0.3) is 0 Å². The Morgan fingerprint density at radius 1 is 1.14 bits per heavy atom. The van der Waals surface area contributed by atoms with Gasteiger partial charge in [-0.3, -0.25) is 0 Å². The van der Waals surface area contributed by atoms with Crippen LogP contribution in [0.25, 0.3) is 0 Å². The monoisotopic (exact) mass is 506 g/mol. The van der Waals surface area contributed by atoms with Crippen LogP contribution in [0, 0.1) is 11.6 Å². The number of nitrogens with zero attached hydrogens (tertiary/aromatic N) is 3. The molecule has 0 bridgehead atoms. The average molecular weight is 507 g/mol. The van der Waals surface area contributed by atoms with Crippen molar-refractivity contribution in [3.05, 3.63) is 53.4 Å². The third kappa shape index (κ3) is 10.8. The van der Waals surface area contributed by atoms with Crippen LogP contribution in [0.1, 0.15) is 52.2 Å². The van der Waals surface area contributed by atoms with E-state index in [1.807, 2.05) is 13.8 Å². The maximum atomic E-state index is 13.8. The van der Waals surface area contributed by atoms with Crippen molar-refractivity contribution in [2.75, 3.05) is 18.8 Å². The van der Waals surface area contributed by atoms with Crippen LogP contribution in [0.2, 0.25) is 0 Å². The lowest BCUT2D eigenvalue weighted by Gasteiger charge is -2.24. The predicted molar refractivity (Wildman–Crippen MR) is 120 cm³/mol. The lowest BCUT2D eigenvalue weighted by molar-refractivity contribution is -0.137. The van der Waals surface area contributed by atoms with Crippen molar-refractivity contribution in [3.8, 4) is 0 Å². The van der Waals surface area contributed by atoms with E-state index >= 15 is 0 Å². The van der Waals surface area contributed by atoms with Gasteiger partial charge in [-0.25, -0.2) is 23.5 Å². The molecule has 2 heterocycles. The van der Waals surface area contributed by atoms with E-state index in [0.29, 0.717) is 25.6 Å². The highest BCUT2D eigenvalue weighted by atomic mass is 19.4. The minimum Gasteiger partial charge on any atom is -0.444 e. The summed E-state index contributed by atoms with van der Waals surface area (Å²) < 4.78 is 74.0. The Labute approximate surface area is 201 Å². The molecule has 2 aromatic rings. The summed E-state index contributed by atoms with van der Waals surface area (Å²) in [5.74, 6) is -1.34. The van der Waals surface area contributed by atoms with Gasteiger partial charge in [0.2, 0.25) is 5.95 Å². The number of alkyl halides is 3. The molecule has 1 aliphatic heterocycles. The summed E-state index contributed by atoms with van der Waals surface area (Å²) in [5.41, 5.74) is 3.45. The first-order valence-corrected chi connectivity index (χ1v) is 10.9. The highest BCUT2D eigenvalue weighted by molar-refractivity contribution is 5.68. The number of hydrogen-bond donors (Lipinski definition) is 1. The highest BCUT2D eigenvalue weighted by Crippen LogP contribution is 2.30. The number of anilines is 1. The van der Waals surface area contributed by atoms with Gasteiger partial charge in [-0.1, -0.05) is 19.9 Å². The van der Waals surface area contributed by atoms with E-state index < -0.39 is 35.1 Å². The summed E-state index contributed by atoms with van der Waals surface area (Å²) in [6.07, 6.45) is -2.75. The quantitative estimate of drug-likeness (QED) is 0.546. The van der Waals surface area contributed by atoms with Crippen molar-refractivity contribution >= 4 is 12.0 Å². The van der Waals surface area contributed by atoms with Gasteiger partial charge in [0.15, 0.2) is 5.82 Å². The molecule has 0 saturated carbocycles. The molecule has 196 valence electrons. The van der Waals surface area contributed by atoms with Crippen molar-refractivity contribution in [2.24, 2.45) is 0 Å². The zero-order chi connectivity index (χ0) is 26.8. The summed E-state index contributed by atoms with van der Waals surface area (Å²) in [6.45, 7) is 9.90. The molecule has 2 N–H and O–H groups in total. The lowest BCUT2D eigenvalue weighted by Crippen LogP contribution is -2.36. The first-order valence-electron chi connectivity index (χ1n) is 10.9. The third-order valence-electron chi connectivity index (χ3n) is 4.29. The fourth-order valence-corrected chi connectivity index (χ4v) is 2.73. The maximum absolute atomic E-state index is 13.8. The Hall–Kier alpha value is -3.02. The van der Waals surface area contributed by atoms with Crippen LogP contribution >= 0.6 is 0 Å². The summed E-state index contributed by atoms with van der Waals surface area (Å²) in [7, 11) is 0. The van der Waals surface area contributed by atoms with Crippen molar-refractivity contribution in [3.63, 3.8) is 0 Å². The van der Waals surface area contributed by atoms with Crippen LogP contribution in [0.4, 0.5) is 32.7 Å². The number of ether oxygens (including phenoxy) is 2. The van der Waals surface area contributed by atoms with Crippen molar-refractivity contribution in [1.29, 1.82) is 0 Å². The number of amides is 1. The van der Waals surface area contributed by atoms with Gasteiger partial charge in [0.1, 0.15) is 11.4 Å². The molecule has 1 atom stereocenters. The van der Waals surface area contributed by atoms with Crippen LogP contribution in [-0.2, 0) is 22.3 Å². The van der Waals surface area contributed by atoms with E-state index in [1.54, 1.807) is 20.8 Å². The second-order valence-corrected chi connectivity index (χ2v) is 8.21. The van der Waals surface area contributed by atoms with Gasteiger partial charge >= 0.3 is 12.3 Å². The van der Waals surface area contributed by atoms with Crippen molar-refractivity contribution in [1.82, 2.24) is 14.9 Å². The Kier molecular flexibility index (Phi) is 11.3. The topological polar surface area (TPSA) is 90.6 Å². The van der Waals surface area contributed by atoms with Gasteiger partial charge < -0.3 is 20.1 Å². The molecule has 1 saturated heterocycles. The molecule has 12 heteroatoms. The molecule has 35 heavy (non-hydrogen) atoms. The summed E-state index contributed by atoms with van der Waals surface area (Å²) in [6, 6.07) is 2.35. The molecule has 1 aliphatic rings. The van der Waals surface area contributed by atoms with Gasteiger partial charge in [-0.2, -0.15) is 13.2 Å². The number of nitrogens with two attached hydrogens (primary N) is 1. The first kappa shape index (κ1) is 30.0. The maximum Gasteiger partial charge on any atom is 0.416 e. The second kappa shape index (κ2) is 13.2. The number of carbonyl (C=O) groups is 1. The average Bonchev–Trinajstić information content (AvgIpc) is 3.24. The van der Waals surface area contributed by atoms with Gasteiger partial charge in [0, 0.05) is 12.1 Å². The van der Waals surface area contributed by atoms with E-state index in [1.165, 1.54) is 4.90 Å². The molecule has 0 spiro atoms. The number of nitrogen functional groups attached to an aromatic ring is 1. The number of carbonyl (C=O) groups excluding carboxylic acids is 1. The van der Waals surface area contributed by atoms with Crippen LogP contribution in [0.15, 0.2) is 30.6 Å². The molecule has 1 fully saturated rings. The van der Waals surface area contributed by atoms with Crippen LogP contribution < -0.4 is 5.73 Å². The lowest BCUT2D eigenvalue weighted by atomic mass is 10.1. The molecule has 1 unspecified atom stereocenters. The SMILES string of the molecule is CC.CC(C)(C)OC(=O)N1CCC(OCc2ccc(C(F)(F)F)cc2F)C1.Nc1ncc(F)cn1. The summed E-state index contributed by atoms with van der Waals surface area (Å²) in [4.78, 5) is 20.2. The number of rotatable bonds is 3. The van der Waals surface area contributed by atoms with E-state index in [9.17, 15) is 26.7 Å². The number of halogens is 5. The number of benzene rings is 1. The molecule has 0 aliphatic carbocycles. The summed E-state index contributed by atoms with van der Waals surface area (Å²) >= 11 is 0. The second-order valence-electron chi connectivity index (χ2n) is 8.21. The zero-order valence-electron chi connectivity index (χ0n) is 20.3. The number of hydrogen-bond acceptors (Lipinski definition) is 6. The Balaban J connectivity index is 0.000000512. The van der Waals surface area contributed by atoms with E-state index in [2.05, 4.69) is 9.97 Å². The highest BCUT2D eigenvalue weighted by Gasteiger charge is 2.32. The zero-order valence-corrected chi connectivity index (χ0v) is 20.3. The fourth-order valence-electron chi connectivity index (χ4n) is 2.73. The van der Waals surface area contributed by atoms with Gasteiger partial charge in [-0.05, 0) is 39.3 Å². The molecule has 0 radical (unpaired) electrons. The molecule has 1 aromatic heterocycles. The van der Waals surface area contributed by atoms with E-state index in [4.69, 9.17) is 15.2 Å². The predicted octanol–water partition coefficient (Wildman–Crippen LogP) is 5.59. The largest absolute Gasteiger partial charge is 0.444 e.